The summed E-state index contributed by atoms with van der Waals surface area (Å²) in [6.45, 7) is 4.18. The van der Waals surface area contributed by atoms with Crippen molar-refractivity contribution >= 4 is 34.6 Å². The monoisotopic (exact) mass is 502 g/mol. The minimum absolute atomic E-state index is 0.877. The van der Waals surface area contributed by atoms with Gasteiger partial charge >= 0.3 is 0 Å². The molecule has 0 radical (unpaired) electrons. The van der Waals surface area contributed by atoms with Crippen LogP contribution in [-0.4, -0.2) is 6.21 Å². The molecule has 0 amide bonds. The van der Waals surface area contributed by atoms with Gasteiger partial charge in [0, 0.05) is 17.5 Å². The van der Waals surface area contributed by atoms with E-state index in [0.29, 0.717) is 0 Å². The van der Waals surface area contributed by atoms with Crippen LogP contribution in [0.5, 0.6) is 0 Å². The van der Waals surface area contributed by atoms with Crippen LogP contribution >= 0.6 is 0 Å². The van der Waals surface area contributed by atoms with Gasteiger partial charge < -0.3 is 4.42 Å². The molecule has 0 bridgehead atoms. The standard InChI is InChI=1S/C37H28NO/c1-3-11-35-32(37-25(2)12-9-19-36(37)39-35)24-38-33-18-8-7-17-30(33)31-23-29(20-21-34(31)38)28-16-10-15-27(22-28)26-13-5-4-6-14-26/h3-24H,1-2H3/q+1/b11-3-,38-24?. The summed E-state index contributed by atoms with van der Waals surface area (Å²) in [5.41, 5.74) is 12.9. The van der Waals surface area contributed by atoms with Gasteiger partial charge in [-0.05, 0) is 78.1 Å². The van der Waals surface area contributed by atoms with Crippen LogP contribution in [0, 0.1) is 6.92 Å². The molecule has 39 heavy (non-hydrogen) atoms. The molecule has 186 valence electrons. The van der Waals surface area contributed by atoms with Gasteiger partial charge in [-0.1, -0.05) is 78.9 Å². The lowest BCUT2D eigenvalue weighted by molar-refractivity contribution is 0.603. The number of para-hydroxylation sites is 1. The molecule has 0 fully saturated rings. The average molecular weight is 503 g/mol. The number of allylic oxidation sites excluding steroid dienone is 1. The first-order valence-corrected chi connectivity index (χ1v) is 13.4. The highest BCUT2D eigenvalue weighted by Crippen LogP contribution is 2.46. The van der Waals surface area contributed by atoms with Crippen molar-refractivity contribution in [3.05, 3.63) is 138 Å². The highest BCUT2D eigenvalue weighted by molar-refractivity contribution is 6.07. The van der Waals surface area contributed by atoms with Crippen LogP contribution in [0.25, 0.3) is 50.4 Å². The summed E-state index contributed by atoms with van der Waals surface area (Å²) in [6.07, 6.45) is 6.33. The number of fused-ring (bicyclic) bond motifs is 4. The van der Waals surface area contributed by atoms with Gasteiger partial charge in [-0.15, -0.1) is 0 Å². The minimum Gasteiger partial charge on any atom is -0.456 e. The Labute approximate surface area is 228 Å². The van der Waals surface area contributed by atoms with Gasteiger partial charge in [-0.2, -0.15) is 4.58 Å². The van der Waals surface area contributed by atoms with E-state index in [4.69, 9.17) is 4.42 Å². The van der Waals surface area contributed by atoms with Crippen LogP contribution in [0.3, 0.4) is 0 Å². The van der Waals surface area contributed by atoms with E-state index in [1.807, 2.05) is 19.1 Å². The molecule has 7 rings (SSSR count). The van der Waals surface area contributed by atoms with Crippen LogP contribution in [0.15, 0.2) is 126 Å². The lowest BCUT2D eigenvalue weighted by atomic mass is 9.96. The molecule has 0 N–H and O–H groups in total. The van der Waals surface area contributed by atoms with Crippen molar-refractivity contribution in [1.82, 2.24) is 4.58 Å². The van der Waals surface area contributed by atoms with Gasteiger partial charge in [-0.25, -0.2) is 0 Å². The second-order valence-corrected chi connectivity index (χ2v) is 10.0. The Morgan fingerprint density at radius 2 is 1.31 bits per heavy atom. The van der Waals surface area contributed by atoms with Gasteiger partial charge in [0.05, 0.1) is 16.7 Å². The van der Waals surface area contributed by atoms with Gasteiger partial charge in [0.25, 0.3) is 0 Å². The van der Waals surface area contributed by atoms with E-state index in [0.717, 1.165) is 22.3 Å². The Kier molecular flexibility index (Phi) is 5.60. The maximum absolute atomic E-state index is 6.29. The fourth-order valence-electron chi connectivity index (χ4n) is 5.73. The summed E-state index contributed by atoms with van der Waals surface area (Å²) in [6, 6.07) is 41.1. The summed E-state index contributed by atoms with van der Waals surface area (Å²) in [5, 5.41) is 1.16. The van der Waals surface area contributed by atoms with Crippen molar-refractivity contribution < 1.29 is 4.42 Å². The molecule has 5 aromatic carbocycles. The van der Waals surface area contributed by atoms with Crippen LogP contribution in [0.4, 0.5) is 11.4 Å². The number of hydrogen-bond donors (Lipinski definition) is 0. The number of hydrogen-bond acceptors (Lipinski definition) is 1. The first-order chi connectivity index (χ1) is 19.2. The minimum atomic E-state index is 0.877. The van der Waals surface area contributed by atoms with Crippen LogP contribution in [-0.2, 0) is 0 Å². The third kappa shape index (κ3) is 3.93. The molecule has 0 atom stereocenters. The Bertz CT molecular complexity index is 1920. The largest absolute Gasteiger partial charge is 0.456 e. The molecule has 2 nitrogen and oxygen atoms in total. The van der Waals surface area contributed by atoms with Crippen LogP contribution < -0.4 is 4.58 Å². The summed E-state index contributed by atoms with van der Waals surface area (Å²) < 4.78 is 8.60. The van der Waals surface area contributed by atoms with Gasteiger partial charge in [0.15, 0.2) is 6.21 Å². The third-order valence-electron chi connectivity index (χ3n) is 7.58. The Morgan fingerprint density at radius 1 is 0.615 bits per heavy atom. The maximum atomic E-state index is 6.29. The predicted octanol–water partition coefficient (Wildman–Crippen LogP) is 10.0. The van der Waals surface area contributed by atoms with E-state index in [1.165, 1.54) is 50.3 Å². The highest BCUT2D eigenvalue weighted by Gasteiger charge is 2.32. The molecule has 2 heteroatoms. The van der Waals surface area contributed by atoms with Crippen LogP contribution in [0.1, 0.15) is 23.8 Å². The molecular formula is C37H28NO+. The van der Waals surface area contributed by atoms with Crippen molar-refractivity contribution in [2.75, 3.05) is 0 Å². The molecule has 0 unspecified atom stereocenters. The normalized spacial score (nSPS) is 13.3. The molecule has 0 saturated carbocycles. The SMILES string of the molecule is C/C=C\c1oc2cccc(C)c2c1C=[N+]1c2ccccc2-c2cc(-c3cccc(-c4ccccc4)c3)ccc21. The first kappa shape index (κ1) is 23.2. The highest BCUT2D eigenvalue weighted by atomic mass is 16.3. The zero-order valence-corrected chi connectivity index (χ0v) is 22.1. The second-order valence-electron chi connectivity index (χ2n) is 10.0. The third-order valence-corrected chi connectivity index (χ3v) is 7.58. The smallest absolute Gasteiger partial charge is 0.219 e. The van der Waals surface area contributed by atoms with E-state index in [-0.39, 0.29) is 0 Å². The number of rotatable bonds is 4. The van der Waals surface area contributed by atoms with Gasteiger partial charge in [-0.3, -0.25) is 0 Å². The Hall–Kier alpha value is -4.95. The Morgan fingerprint density at radius 3 is 2.15 bits per heavy atom. The average Bonchev–Trinajstić information content (AvgIpc) is 3.50. The summed E-state index contributed by atoms with van der Waals surface area (Å²) in [7, 11) is 0. The fraction of sp³-hybridized carbons (Fsp3) is 0.0541. The van der Waals surface area contributed by atoms with Crippen molar-refractivity contribution in [2.24, 2.45) is 0 Å². The molecule has 1 aromatic heterocycles. The van der Waals surface area contributed by atoms with E-state index in [2.05, 4.69) is 133 Å². The van der Waals surface area contributed by atoms with Crippen LogP contribution in [0.2, 0.25) is 0 Å². The number of furan rings is 1. The van der Waals surface area contributed by atoms with E-state index in [1.54, 1.807) is 0 Å². The fourth-order valence-corrected chi connectivity index (χ4v) is 5.73. The maximum Gasteiger partial charge on any atom is 0.219 e. The molecule has 0 saturated heterocycles. The second kappa shape index (κ2) is 9.41. The molecular weight excluding hydrogens is 474 g/mol. The number of aryl methyl sites for hydroxylation is 1. The quantitative estimate of drug-likeness (QED) is 0.219. The molecule has 0 spiro atoms. The van der Waals surface area contributed by atoms with Gasteiger partial charge in [0.2, 0.25) is 11.4 Å². The molecule has 6 aromatic rings. The van der Waals surface area contributed by atoms with Crippen molar-refractivity contribution in [1.29, 1.82) is 0 Å². The first-order valence-electron chi connectivity index (χ1n) is 13.4. The Balaban J connectivity index is 1.40. The molecule has 1 aliphatic heterocycles. The van der Waals surface area contributed by atoms with Crippen molar-refractivity contribution in [3.8, 4) is 33.4 Å². The zero-order chi connectivity index (χ0) is 26.3. The van der Waals surface area contributed by atoms with Crippen molar-refractivity contribution in [3.63, 3.8) is 0 Å². The summed E-state index contributed by atoms with van der Waals surface area (Å²) in [5.74, 6) is 0.877. The lowest BCUT2D eigenvalue weighted by Crippen LogP contribution is -2.04. The van der Waals surface area contributed by atoms with E-state index >= 15 is 0 Å². The molecule has 2 heterocycles. The van der Waals surface area contributed by atoms with Gasteiger partial charge in [0.1, 0.15) is 11.3 Å². The molecule has 1 aliphatic rings. The van der Waals surface area contributed by atoms with E-state index < -0.39 is 0 Å². The summed E-state index contributed by atoms with van der Waals surface area (Å²) >= 11 is 0. The topological polar surface area (TPSA) is 16.1 Å². The van der Waals surface area contributed by atoms with E-state index in [9.17, 15) is 0 Å². The van der Waals surface area contributed by atoms with Crippen molar-refractivity contribution in [2.45, 2.75) is 13.8 Å². The molecule has 0 aliphatic carbocycles. The number of nitrogens with zero attached hydrogens (tertiary/aromatic N) is 1. The summed E-state index contributed by atoms with van der Waals surface area (Å²) in [4.78, 5) is 0. The number of benzene rings is 5. The predicted molar refractivity (Wildman–Crippen MR) is 165 cm³/mol. The zero-order valence-electron chi connectivity index (χ0n) is 22.1. The lowest BCUT2D eigenvalue weighted by Gasteiger charge is -2.07.